The largest absolute Gasteiger partial charge is 0.497 e. The van der Waals surface area contributed by atoms with Gasteiger partial charge in [0, 0.05) is 24.2 Å². The Kier molecular flexibility index (Phi) is 4.06. The Hall–Kier alpha value is -2.08. The van der Waals surface area contributed by atoms with Gasteiger partial charge in [0.2, 0.25) is 0 Å². The highest BCUT2D eigenvalue weighted by atomic mass is 32.1. The Balaban J connectivity index is 1.67. The summed E-state index contributed by atoms with van der Waals surface area (Å²) in [6.07, 6.45) is 2.18. The van der Waals surface area contributed by atoms with Crippen molar-refractivity contribution >= 4 is 28.1 Å². The van der Waals surface area contributed by atoms with Crippen LogP contribution >= 0.6 is 11.3 Å². The van der Waals surface area contributed by atoms with Gasteiger partial charge in [0.25, 0.3) is 5.91 Å². The fourth-order valence-electron chi connectivity index (χ4n) is 2.31. The molecule has 110 valence electrons. The van der Waals surface area contributed by atoms with Gasteiger partial charge in [0.15, 0.2) is 5.13 Å². The molecule has 5 nitrogen and oxygen atoms in total. The van der Waals surface area contributed by atoms with E-state index >= 15 is 0 Å². The van der Waals surface area contributed by atoms with Gasteiger partial charge in [-0.2, -0.15) is 0 Å². The fourth-order valence-corrected chi connectivity index (χ4v) is 3.01. The zero-order valence-corrected chi connectivity index (χ0v) is 12.7. The number of nitrogens with zero attached hydrogens (tertiary/aromatic N) is 2. The number of anilines is 2. The number of aromatic nitrogens is 1. The van der Waals surface area contributed by atoms with Crippen molar-refractivity contribution in [1.82, 2.24) is 9.88 Å². The van der Waals surface area contributed by atoms with Gasteiger partial charge in [-0.1, -0.05) is 0 Å². The molecule has 0 bridgehead atoms. The molecular weight excluding hydrogens is 286 g/mol. The third-order valence-corrected chi connectivity index (χ3v) is 4.22. The number of nitrogens with one attached hydrogen (secondary N) is 1. The number of thiazole rings is 1. The summed E-state index contributed by atoms with van der Waals surface area (Å²) >= 11 is 1.44. The van der Waals surface area contributed by atoms with Crippen molar-refractivity contribution in [2.45, 2.75) is 12.8 Å². The van der Waals surface area contributed by atoms with Crippen LogP contribution in [0.4, 0.5) is 10.8 Å². The summed E-state index contributed by atoms with van der Waals surface area (Å²) in [7, 11) is 1.64. The molecule has 0 radical (unpaired) electrons. The molecule has 1 aliphatic rings. The summed E-state index contributed by atoms with van der Waals surface area (Å²) < 4.78 is 5.12. The first kappa shape index (κ1) is 13.9. The van der Waals surface area contributed by atoms with E-state index in [1.165, 1.54) is 11.3 Å². The van der Waals surface area contributed by atoms with Crippen molar-refractivity contribution in [1.29, 1.82) is 0 Å². The smallest absolute Gasteiger partial charge is 0.273 e. The van der Waals surface area contributed by atoms with E-state index in [0.717, 1.165) is 42.5 Å². The minimum Gasteiger partial charge on any atom is -0.497 e. The Bertz CT molecular complexity index is 618. The second-order valence-electron chi connectivity index (χ2n) is 4.89. The summed E-state index contributed by atoms with van der Waals surface area (Å²) in [6.45, 7) is 1.69. The number of ether oxygens (including phenoxy) is 1. The second kappa shape index (κ2) is 6.13. The molecule has 3 rings (SSSR count). The number of carbonyl (C=O) groups is 1. The van der Waals surface area contributed by atoms with Crippen LogP contribution in [0.3, 0.4) is 0 Å². The maximum absolute atomic E-state index is 12.2. The molecule has 1 N–H and O–H groups in total. The molecule has 2 aromatic rings. The predicted octanol–water partition coefficient (Wildman–Crippen LogP) is 3.13. The number of carbonyl (C=O) groups excluding carboxylic acids is 1. The molecule has 2 heterocycles. The topological polar surface area (TPSA) is 54.5 Å². The average Bonchev–Trinajstić information content (AvgIpc) is 3.19. The number of likely N-dealkylation sites (tertiary alicyclic amines) is 1. The van der Waals surface area contributed by atoms with Crippen LogP contribution in [0.25, 0.3) is 0 Å². The van der Waals surface area contributed by atoms with Crippen molar-refractivity contribution in [2.75, 3.05) is 25.5 Å². The fraction of sp³-hybridized carbons (Fsp3) is 0.333. The van der Waals surface area contributed by atoms with Crippen molar-refractivity contribution in [3.05, 3.63) is 35.3 Å². The summed E-state index contributed by atoms with van der Waals surface area (Å²) in [6, 6.07) is 7.60. The highest BCUT2D eigenvalue weighted by Gasteiger charge is 2.21. The standard InChI is InChI=1S/C15H17N3O2S/c1-20-12-6-4-11(5-7-12)16-15-17-13(10-21-15)14(19)18-8-2-3-9-18/h4-7,10H,2-3,8-9H2,1H3,(H,16,17). The molecule has 0 saturated carbocycles. The van der Waals surface area contributed by atoms with Gasteiger partial charge in [-0.3, -0.25) is 4.79 Å². The molecule has 0 aliphatic carbocycles. The average molecular weight is 303 g/mol. The Labute approximate surface area is 127 Å². The second-order valence-corrected chi connectivity index (χ2v) is 5.75. The van der Waals surface area contributed by atoms with Crippen molar-refractivity contribution in [2.24, 2.45) is 0 Å². The highest BCUT2D eigenvalue weighted by Crippen LogP contribution is 2.24. The molecule has 1 saturated heterocycles. The van der Waals surface area contributed by atoms with E-state index in [2.05, 4.69) is 10.3 Å². The molecule has 1 amide bonds. The predicted molar refractivity (Wildman–Crippen MR) is 83.5 cm³/mol. The molecule has 1 aromatic carbocycles. The molecule has 0 atom stereocenters. The van der Waals surface area contributed by atoms with Crippen LogP contribution in [0.2, 0.25) is 0 Å². The van der Waals surface area contributed by atoms with Crippen molar-refractivity contribution in [3.8, 4) is 5.75 Å². The van der Waals surface area contributed by atoms with E-state index in [9.17, 15) is 4.79 Å². The van der Waals surface area contributed by atoms with Gasteiger partial charge < -0.3 is 15.0 Å². The molecule has 1 fully saturated rings. The van der Waals surface area contributed by atoms with Gasteiger partial charge in [-0.05, 0) is 37.1 Å². The number of rotatable bonds is 4. The van der Waals surface area contributed by atoms with Crippen LogP contribution in [-0.4, -0.2) is 36.0 Å². The zero-order valence-electron chi connectivity index (χ0n) is 11.8. The number of benzene rings is 1. The summed E-state index contributed by atoms with van der Waals surface area (Å²) in [5, 5.41) is 5.74. The lowest BCUT2D eigenvalue weighted by molar-refractivity contribution is 0.0788. The highest BCUT2D eigenvalue weighted by molar-refractivity contribution is 7.14. The van der Waals surface area contributed by atoms with Gasteiger partial charge in [-0.25, -0.2) is 4.98 Å². The molecular formula is C15H17N3O2S. The first-order valence-corrected chi connectivity index (χ1v) is 7.80. The van der Waals surface area contributed by atoms with E-state index in [4.69, 9.17) is 4.74 Å². The quantitative estimate of drug-likeness (QED) is 0.943. The van der Waals surface area contributed by atoms with E-state index in [1.54, 1.807) is 7.11 Å². The molecule has 1 aromatic heterocycles. The van der Waals surface area contributed by atoms with Crippen LogP contribution in [0.15, 0.2) is 29.6 Å². The Morgan fingerprint density at radius 3 is 2.67 bits per heavy atom. The molecule has 1 aliphatic heterocycles. The van der Waals surface area contributed by atoms with Crippen LogP contribution in [0.1, 0.15) is 23.3 Å². The monoisotopic (exact) mass is 303 g/mol. The van der Waals surface area contributed by atoms with E-state index in [-0.39, 0.29) is 5.91 Å². The van der Waals surface area contributed by atoms with Gasteiger partial charge >= 0.3 is 0 Å². The Morgan fingerprint density at radius 1 is 1.29 bits per heavy atom. The lowest BCUT2D eigenvalue weighted by atomic mass is 10.3. The van der Waals surface area contributed by atoms with E-state index < -0.39 is 0 Å². The number of amides is 1. The van der Waals surface area contributed by atoms with Crippen LogP contribution in [-0.2, 0) is 0 Å². The zero-order chi connectivity index (χ0) is 14.7. The van der Waals surface area contributed by atoms with Gasteiger partial charge in [0.05, 0.1) is 7.11 Å². The minimum absolute atomic E-state index is 0.0338. The SMILES string of the molecule is COc1ccc(Nc2nc(C(=O)N3CCCC3)cs2)cc1. The molecule has 21 heavy (non-hydrogen) atoms. The first-order chi connectivity index (χ1) is 10.3. The number of hydrogen-bond acceptors (Lipinski definition) is 5. The van der Waals surface area contributed by atoms with Crippen LogP contribution < -0.4 is 10.1 Å². The summed E-state index contributed by atoms with van der Waals surface area (Å²) in [5.74, 6) is 0.844. The van der Waals surface area contributed by atoms with E-state index in [1.807, 2.05) is 34.5 Å². The van der Waals surface area contributed by atoms with Gasteiger partial charge in [-0.15, -0.1) is 11.3 Å². The summed E-state index contributed by atoms with van der Waals surface area (Å²) in [5.41, 5.74) is 1.45. The maximum Gasteiger partial charge on any atom is 0.273 e. The lowest BCUT2D eigenvalue weighted by Crippen LogP contribution is -2.27. The minimum atomic E-state index is 0.0338. The van der Waals surface area contributed by atoms with Gasteiger partial charge in [0.1, 0.15) is 11.4 Å². The van der Waals surface area contributed by atoms with Crippen LogP contribution in [0.5, 0.6) is 5.75 Å². The number of methoxy groups -OCH3 is 1. The number of hydrogen-bond donors (Lipinski definition) is 1. The first-order valence-electron chi connectivity index (χ1n) is 6.92. The lowest BCUT2D eigenvalue weighted by Gasteiger charge is -2.12. The normalized spacial score (nSPS) is 14.2. The molecule has 0 spiro atoms. The molecule has 0 unspecified atom stereocenters. The van der Waals surface area contributed by atoms with E-state index in [0.29, 0.717) is 5.69 Å². The van der Waals surface area contributed by atoms with Crippen molar-refractivity contribution < 1.29 is 9.53 Å². The molecule has 6 heteroatoms. The summed E-state index contributed by atoms with van der Waals surface area (Å²) in [4.78, 5) is 18.5. The van der Waals surface area contributed by atoms with Crippen LogP contribution in [0, 0.1) is 0 Å². The maximum atomic E-state index is 12.2. The Morgan fingerprint density at radius 2 is 2.00 bits per heavy atom. The third kappa shape index (κ3) is 3.16. The third-order valence-electron chi connectivity index (χ3n) is 3.46. The van der Waals surface area contributed by atoms with Crippen molar-refractivity contribution in [3.63, 3.8) is 0 Å².